The van der Waals surface area contributed by atoms with Crippen LogP contribution in [0.1, 0.15) is 20.8 Å². The molecule has 8 heteroatoms. The largest absolute Gasteiger partial charge is 0.507 e. The third kappa shape index (κ3) is 3.61. The van der Waals surface area contributed by atoms with Crippen LogP contribution in [0.15, 0.2) is 60.8 Å². The highest BCUT2D eigenvalue weighted by molar-refractivity contribution is 6.32. The van der Waals surface area contributed by atoms with Crippen LogP contribution in [0.5, 0.6) is 5.75 Å². The average Bonchev–Trinajstić information content (AvgIpc) is 3.10. The second kappa shape index (κ2) is 7.06. The van der Waals surface area contributed by atoms with Gasteiger partial charge in [0.2, 0.25) is 0 Å². The van der Waals surface area contributed by atoms with Crippen molar-refractivity contribution in [3.63, 3.8) is 0 Å². The molecule has 0 unspecified atom stereocenters. The maximum atomic E-state index is 12.1. The molecule has 3 rings (SSSR count). The molecule has 3 N–H and O–H groups in total. The fourth-order valence-corrected chi connectivity index (χ4v) is 2.35. The van der Waals surface area contributed by atoms with Crippen molar-refractivity contribution in [2.75, 3.05) is 0 Å². The molecule has 2 amide bonds. The Morgan fingerprint density at radius 2 is 1.64 bits per heavy atom. The molecule has 0 atom stereocenters. The van der Waals surface area contributed by atoms with Gasteiger partial charge in [0.1, 0.15) is 5.75 Å². The Kier molecular flexibility index (Phi) is 4.67. The molecule has 0 fully saturated rings. The lowest BCUT2D eigenvalue weighted by atomic mass is 10.2. The Hall–Kier alpha value is -3.32. The Morgan fingerprint density at radius 3 is 2.40 bits per heavy atom. The number of aromatic nitrogens is 2. The first-order valence-electron chi connectivity index (χ1n) is 7.25. The van der Waals surface area contributed by atoms with E-state index in [0.29, 0.717) is 10.7 Å². The van der Waals surface area contributed by atoms with Crippen LogP contribution >= 0.6 is 11.6 Å². The van der Waals surface area contributed by atoms with E-state index in [9.17, 15) is 14.7 Å². The first-order valence-corrected chi connectivity index (χ1v) is 7.63. The van der Waals surface area contributed by atoms with Gasteiger partial charge in [-0.3, -0.25) is 20.4 Å². The summed E-state index contributed by atoms with van der Waals surface area (Å²) in [7, 11) is 0. The van der Waals surface area contributed by atoms with E-state index >= 15 is 0 Å². The van der Waals surface area contributed by atoms with Crippen molar-refractivity contribution in [3.8, 4) is 11.4 Å². The zero-order chi connectivity index (χ0) is 17.8. The third-order valence-corrected chi connectivity index (χ3v) is 3.68. The summed E-state index contributed by atoms with van der Waals surface area (Å²) in [5.74, 6) is -1.43. The number of benzene rings is 2. The van der Waals surface area contributed by atoms with Gasteiger partial charge in [0.05, 0.1) is 16.3 Å². The molecule has 0 bridgehead atoms. The highest BCUT2D eigenvalue weighted by atomic mass is 35.5. The molecule has 25 heavy (non-hydrogen) atoms. The number of phenolic OH excluding ortho intramolecular Hbond substituents is 1. The van der Waals surface area contributed by atoms with Gasteiger partial charge in [-0.2, -0.15) is 5.10 Å². The maximum Gasteiger partial charge on any atom is 0.290 e. The molecule has 0 spiro atoms. The van der Waals surface area contributed by atoms with E-state index in [0.717, 1.165) is 0 Å². The number of phenols is 1. The van der Waals surface area contributed by atoms with Crippen molar-refractivity contribution in [1.29, 1.82) is 0 Å². The second-order valence-corrected chi connectivity index (χ2v) is 5.43. The zero-order valence-corrected chi connectivity index (χ0v) is 13.6. The molecular weight excluding hydrogens is 344 g/mol. The highest BCUT2D eigenvalue weighted by Crippen LogP contribution is 2.19. The van der Waals surface area contributed by atoms with E-state index in [4.69, 9.17) is 11.6 Å². The van der Waals surface area contributed by atoms with E-state index in [1.54, 1.807) is 42.6 Å². The van der Waals surface area contributed by atoms with Crippen LogP contribution in [0.25, 0.3) is 5.69 Å². The van der Waals surface area contributed by atoms with E-state index in [2.05, 4.69) is 16.0 Å². The summed E-state index contributed by atoms with van der Waals surface area (Å²) in [6.07, 6.45) is 1.58. The minimum absolute atomic E-state index is 0.0457. The van der Waals surface area contributed by atoms with E-state index in [1.165, 1.54) is 22.9 Å². The number of carbonyl (C=O) groups excluding carboxylic acids is 2. The van der Waals surface area contributed by atoms with Crippen molar-refractivity contribution in [1.82, 2.24) is 20.6 Å². The number of hydrogen-bond donors (Lipinski definition) is 3. The minimum Gasteiger partial charge on any atom is -0.507 e. The van der Waals surface area contributed by atoms with Gasteiger partial charge >= 0.3 is 0 Å². The fraction of sp³-hybridized carbons (Fsp3) is 0. The number of hydrogen-bond acceptors (Lipinski definition) is 4. The molecule has 0 aliphatic heterocycles. The van der Waals surface area contributed by atoms with Gasteiger partial charge in [-0.1, -0.05) is 35.9 Å². The fourth-order valence-electron chi connectivity index (χ4n) is 2.13. The lowest BCUT2D eigenvalue weighted by Gasteiger charge is -2.07. The molecule has 0 radical (unpaired) electrons. The highest BCUT2D eigenvalue weighted by Gasteiger charge is 2.14. The monoisotopic (exact) mass is 356 g/mol. The van der Waals surface area contributed by atoms with Gasteiger partial charge in [-0.25, -0.2) is 4.68 Å². The molecule has 3 aromatic rings. The van der Waals surface area contributed by atoms with E-state index < -0.39 is 11.8 Å². The van der Waals surface area contributed by atoms with Gasteiger partial charge in [-0.05, 0) is 30.3 Å². The zero-order valence-electron chi connectivity index (χ0n) is 12.8. The molecule has 126 valence electrons. The average molecular weight is 357 g/mol. The lowest BCUT2D eigenvalue weighted by Crippen LogP contribution is -2.41. The van der Waals surface area contributed by atoms with Crippen molar-refractivity contribution >= 4 is 23.4 Å². The summed E-state index contributed by atoms with van der Waals surface area (Å²) in [4.78, 5) is 24.0. The number of nitrogens with zero attached hydrogens (tertiary/aromatic N) is 2. The molecule has 2 aromatic carbocycles. The van der Waals surface area contributed by atoms with Crippen molar-refractivity contribution in [2.45, 2.75) is 0 Å². The lowest BCUT2D eigenvalue weighted by molar-refractivity contribution is 0.0842. The number of para-hydroxylation sites is 2. The summed E-state index contributed by atoms with van der Waals surface area (Å²) in [6.45, 7) is 0. The Bertz CT molecular complexity index is 939. The molecule has 0 saturated heterocycles. The Labute approximate surface area is 147 Å². The molecule has 1 aromatic heterocycles. The van der Waals surface area contributed by atoms with Crippen LogP contribution in [0, 0.1) is 0 Å². The van der Waals surface area contributed by atoms with Crippen molar-refractivity contribution in [3.05, 3.63) is 77.1 Å². The minimum atomic E-state index is -0.642. The first kappa shape index (κ1) is 16.5. The third-order valence-electron chi connectivity index (χ3n) is 3.36. The van der Waals surface area contributed by atoms with Gasteiger partial charge in [-0.15, -0.1) is 0 Å². The van der Waals surface area contributed by atoms with Gasteiger partial charge < -0.3 is 5.11 Å². The normalized spacial score (nSPS) is 10.3. The van der Waals surface area contributed by atoms with Crippen molar-refractivity contribution < 1.29 is 14.7 Å². The quantitative estimate of drug-likeness (QED) is 0.627. The standard InChI is InChI=1S/C17H13ClN4O3/c18-12-6-2-3-7-14(12)22-10-9-13(21-22)17(25)20-19-16(24)11-5-1-4-8-15(11)23/h1-10,23H,(H,19,24)(H,20,25). The smallest absolute Gasteiger partial charge is 0.290 e. The summed E-state index contributed by atoms with van der Waals surface area (Å²) < 4.78 is 1.46. The number of nitrogens with one attached hydrogen (secondary N) is 2. The predicted octanol–water partition coefficient (Wildman–Crippen LogP) is 2.31. The molecule has 0 saturated carbocycles. The number of aromatic hydroxyl groups is 1. The summed E-state index contributed by atoms with van der Waals surface area (Å²) in [5, 5.41) is 14.2. The number of rotatable bonds is 3. The maximum absolute atomic E-state index is 12.1. The summed E-state index contributed by atoms with van der Waals surface area (Å²) >= 11 is 6.09. The van der Waals surface area contributed by atoms with Gasteiger partial charge in [0.15, 0.2) is 5.69 Å². The summed E-state index contributed by atoms with van der Waals surface area (Å²) in [5.41, 5.74) is 5.24. The van der Waals surface area contributed by atoms with Crippen LogP contribution in [0.2, 0.25) is 5.02 Å². The number of hydrazine groups is 1. The van der Waals surface area contributed by atoms with Crippen LogP contribution in [0.4, 0.5) is 0 Å². The van der Waals surface area contributed by atoms with E-state index in [1.807, 2.05) is 0 Å². The van der Waals surface area contributed by atoms with Crippen LogP contribution in [-0.2, 0) is 0 Å². The molecule has 0 aliphatic rings. The molecular formula is C17H13ClN4O3. The van der Waals surface area contributed by atoms with Crippen LogP contribution in [0.3, 0.4) is 0 Å². The van der Waals surface area contributed by atoms with Gasteiger partial charge in [0, 0.05) is 6.20 Å². The number of amides is 2. The number of halogens is 1. The predicted molar refractivity (Wildman–Crippen MR) is 91.6 cm³/mol. The molecule has 7 nitrogen and oxygen atoms in total. The Balaban J connectivity index is 1.68. The van der Waals surface area contributed by atoms with E-state index in [-0.39, 0.29) is 17.0 Å². The topological polar surface area (TPSA) is 96.3 Å². The SMILES string of the molecule is O=C(NNC(=O)c1ccccc1O)c1ccn(-c2ccccc2Cl)n1. The van der Waals surface area contributed by atoms with Crippen LogP contribution in [-0.4, -0.2) is 26.7 Å². The number of carbonyl (C=O) groups is 2. The summed E-state index contributed by atoms with van der Waals surface area (Å²) in [6, 6.07) is 14.6. The molecule has 1 heterocycles. The first-order chi connectivity index (χ1) is 12.1. The second-order valence-electron chi connectivity index (χ2n) is 5.02. The van der Waals surface area contributed by atoms with Crippen LogP contribution < -0.4 is 10.9 Å². The molecule has 0 aliphatic carbocycles. The van der Waals surface area contributed by atoms with Crippen molar-refractivity contribution in [2.24, 2.45) is 0 Å². The van der Waals surface area contributed by atoms with Gasteiger partial charge in [0.25, 0.3) is 11.8 Å². The Morgan fingerprint density at radius 1 is 0.960 bits per heavy atom.